The Morgan fingerprint density at radius 1 is 1.10 bits per heavy atom. The zero-order chi connectivity index (χ0) is 21.8. The number of amides is 2. The van der Waals surface area contributed by atoms with E-state index in [4.69, 9.17) is 4.98 Å². The van der Waals surface area contributed by atoms with E-state index in [0.717, 1.165) is 68.3 Å². The molecule has 0 radical (unpaired) electrons. The maximum Gasteiger partial charge on any atom is 0.223 e. The van der Waals surface area contributed by atoms with Gasteiger partial charge < -0.3 is 15.1 Å². The average Bonchev–Trinajstić information content (AvgIpc) is 3.26. The lowest BCUT2D eigenvalue weighted by molar-refractivity contribution is -0.131. The summed E-state index contributed by atoms with van der Waals surface area (Å²) in [5, 5.41) is 4.17. The van der Waals surface area contributed by atoms with Crippen molar-refractivity contribution in [2.24, 2.45) is 5.92 Å². The van der Waals surface area contributed by atoms with E-state index in [1.165, 1.54) is 10.4 Å². The minimum absolute atomic E-state index is 0.0229. The molecule has 4 rings (SSSR count). The van der Waals surface area contributed by atoms with Crippen LogP contribution in [0.25, 0.3) is 0 Å². The number of piperazine rings is 1. The van der Waals surface area contributed by atoms with E-state index >= 15 is 0 Å². The summed E-state index contributed by atoms with van der Waals surface area (Å²) in [5.74, 6) is 0.398. The smallest absolute Gasteiger partial charge is 0.223 e. The molecule has 2 amide bonds. The molecule has 1 saturated heterocycles. The third-order valence-electron chi connectivity index (χ3n) is 6.40. The SMILES string of the molecule is CCC(=O)N1CCN(c2nc3c(s2)CC(C(=O)NCc2ccc(CC)cc2)CC3)CC1. The molecule has 1 aliphatic carbocycles. The normalized spacial score (nSPS) is 18.6. The van der Waals surface area contributed by atoms with Gasteiger partial charge in [0.15, 0.2) is 5.13 Å². The molecular weight excluding hydrogens is 408 g/mol. The number of rotatable bonds is 6. The molecule has 1 aliphatic heterocycles. The fourth-order valence-electron chi connectivity index (χ4n) is 4.32. The van der Waals surface area contributed by atoms with Crippen LogP contribution in [-0.2, 0) is 35.4 Å². The molecule has 1 unspecified atom stereocenters. The fourth-order valence-corrected chi connectivity index (χ4v) is 5.56. The highest BCUT2D eigenvalue weighted by atomic mass is 32.1. The third-order valence-corrected chi connectivity index (χ3v) is 7.58. The summed E-state index contributed by atoms with van der Waals surface area (Å²) in [4.78, 5) is 35.0. The molecule has 0 bridgehead atoms. The van der Waals surface area contributed by atoms with Crippen LogP contribution in [0.5, 0.6) is 0 Å². The second-order valence-corrected chi connectivity index (χ2v) is 9.48. The number of nitrogens with one attached hydrogen (secondary N) is 1. The van der Waals surface area contributed by atoms with Crippen LogP contribution in [-0.4, -0.2) is 47.9 Å². The quantitative estimate of drug-likeness (QED) is 0.749. The number of aromatic nitrogens is 1. The van der Waals surface area contributed by atoms with Crippen molar-refractivity contribution in [2.45, 2.75) is 52.5 Å². The Bertz CT molecular complexity index is 916. The Balaban J connectivity index is 1.31. The molecule has 0 spiro atoms. The minimum Gasteiger partial charge on any atom is -0.352 e. The van der Waals surface area contributed by atoms with E-state index in [0.29, 0.717) is 13.0 Å². The van der Waals surface area contributed by atoms with E-state index in [2.05, 4.69) is 41.4 Å². The van der Waals surface area contributed by atoms with Gasteiger partial charge in [-0.15, -0.1) is 11.3 Å². The van der Waals surface area contributed by atoms with Gasteiger partial charge in [0.2, 0.25) is 11.8 Å². The lowest BCUT2D eigenvalue weighted by Gasteiger charge is -2.34. The standard InChI is InChI=1S/C24H32N4O2S/c1-3-17-5-7-18(8-6-17)16-25-23(30)19-9-10-20-21(15-19)31-24(26-20)28-13-11-27(12-14-28)22(29)4-2/h5-8,19H,3-4,9-16H2,1-2H3,(H,25,30). The Labute approximate surface area is 188 Å². The summed E-state index contributed by atoms with van der Waals surface area (Å²) in [6.45, 7) is 7.84. The molecule has 2 heterocycles. The maximum atomic E-state index is 12.8. The highest BCUT2D eigenvalue weighted by Crippen LogP contribution is 2.34. The van der Waals surface area contributed by atoms with Crippen molar-refractivity contribution in [1.82, 2.24) is 15.2 Å². The van der Waals surface area contributed by atoms with Crippen LogP contribution in [0.3, 0.4) is 0 Å². The van der Waals surface area contributed by atoms with Crippen molar-refractivity contribution in [3.8, 4) is 0 Å². The molecular formula is C24H32N4O2S. The molecule has 31 heavy (non-hydrogen) atoms. The second kappa shape index (κ2) is 9.81. The van der Waals surface area contributed by atoms with Gasteiger partial charge in [0.05, 0.1) is 5.69 Å². The number of fused-ring (bicyclic) bond motifs is 1. The molecule has 0 saturated carbocycles. The van der Waals surface area contributed by atoms with Gasteiger partial charge in [-0.05, 0) is 36.8 Å². The number of anilines is 1. The van der Waals surface area contributed by atoms with Crippen LogP contribution in [0.1, 0.15) is 48.4 Å². The predicted octanol–water partition coefficient (Wildman–Crippen LogP) is 3.19. The number of hydrogen-bond donors (Lipinski definition) is 1. The summed E-state index contributed by atoms with van der Waals surface area (Å²) < 4.78 is 0. The molecule has 2 aromatic rings. The summed E-state index contributed by atoms with van der Waals surface area (Å²) in [6.07, 6.45) is 4.10. The first-order valence-electron chi connectivity index (χ1n) is 11.4. The molecule has 2 aliphatic rings. The number of hydrogen-bond acceptors (Lipinski definition) is 5. The van der Waals surface area contributed by atoms with Crippen LogP contribution in [0.4, 0.5) is 5.13 Å². The molecule has 1 atom stereocenters. The molecule has 1 N–H and O–H groups in total. The van der Waals surface area contributed by atoms with Gasteiger partial charge >= 0.3 is 0 Å². The Morgan fingerprint density at radius 3 is 2.48 bits per heavy atom. The second-order valence-electron chi connectivity index (χ2n) is 8.42. The number of thiazole rings is 1. The van der Waals surface area contributed by atoms with Crippen LogP contribution in [0.2, 0.25) is 0 Å². The molecule has 6 nitrogen and oxygen atoms in total. The Hall–Kier alpha value is -2.41. The van der Waals surface area contributed by atoms with Gasteiger partial charge in [0, 0.05) is 49.9 Å². The van der Waals surface area contributed by atoms with Gasteiger partial charge in [0.1, 0.15) is 0 Å². The molecule has 1 aromatic heterocycles. The number of nitrogens with zero attached hydrogens (tertiary/aromatic N) is 3. The van der Waals surface area contributed by atoms with Crippen molar-refractivity contribution >= 4 is 28.3 Å². The van der Waals surface area contributed by atoms with Crippen molar-refractivity contribution in [3.05, 3.63) is 46.0 Å². The maximum absolute atomic E-state index is 12.8. The average molecular weight is 441 g/mol. The lowest BCUT2D eigenvalue weighted by Crippen LogP contribution is -2.48. The topological polar surface area (TPSA) is 65.5 Å². The number of carbonyl (C=O) groups excluding carboxylic acids is 2. The van der Waals surface area contributed by atoms with Crippen molar-refractivity contribution in [1.29, 1.82) is 0 Å². The first-order chi connectivity index (χ1) is 15.1. The van der Waals surface area contributed by atoms with Crippen LogP contribution in [0, 0.1) is 5.92 Å². The molecule has 166 valence electrons. The van der Waals surface area contributed by atoms with Gasteiger partial charge in [-0.2, -0.15) is 0 Å². The van der Waals surface area contributed by atoms with Crippen molar-refractivity contribution in [2.75, 3.05) is 31.1 Å². The van der Waals surface area contributed by atoms with E-state index in [-0.39, 0.29) is 17.7 Å². The van der Waals surface area contributed by atoms with Gasteiger partial charge in [0.25, 0.3) is 0 Å². The zero-order valence-electron chi connectivity index (χ0n) is 18.5. The lowest BCUT2D eigenvalue weighted by atomic mass is 9.90. The summed E-state index contributed by atoms with van der Waals surface area (Å²) in [7, 11) is 0. The largest absolute Gasteiger partial charge is 0.352 e. The van der Waals surface area contributed by atoms with Crippen LogP contribution in [0.15, 0.2) is 24.3 Å². The molecule has 7 heteroatoms. The van der Waals surface area contributed by atoms with Crippen molar-refractivity contribution in [3.63, 3.8) is 0 Å². The van der Waals surface area contributed by atoms with Gasteiger partial charge in [-0.3, -0.25) is 9.59 Å². The summed E-state index contributed by atoms with van der Waals surface area (Å²) in [5.41, 5.74) is 3.61. The Morgan fingerprint density at radius 2 is 1.81 bits per heavy atom. The zero-order valence-corrected chi connectivity index (χ0v) is 19.3. The van der Waals surface area contributed by atoms with E-state index in [1.807, 2.05) is 11.8 Å². The van der Waals surface area contributed by atoms with Gasteiger partial charge in [-0.25, -0.2) is 4.98 Å². The first-order valence-corrected chi connectivity index (χ1v) is 12.3. The van der Waals surface area contributed by atoms with E-state index < -0.39 is 0 Å². The summed E-state index contributed by atoms with van der Waals surface area (Å²) in [6, 6.07) is 8.46. The minimum atomic E-state index is 0.0229. The van der Waals surface area contributed by atoms with E-state index in [9.17, 15) is 9.59 Å². The fraction of sp³-hybridized carbons (Fsp3) is 0.542. The predicted molar refractivity (Wildman–Crippen MR) is 124 cm³/mol. The van der Waals surface area contributed by atoms with Crippen LogP contribution < -0.4 is 10.2 Å². The number of carbonyl (C=O) groups is 2. The van der Waals surface area contributed by atoms with Gasteiger partial charge in [-0.1, -0.05) is 38.1 Å². The summed E-state index contributed by atoms with van der Waals surface area (Å²) >= 11 is 1.73. The monoisotopic (exact) mass is 440 g/mol. The third kappa shape index (κ3) is 5.09. The van der Waals surface area contributed by atoms with Crippen LogP contribution >= 0.6 is 11.3 Å². The Kier molecular flexibility index (Phi) is 6.90. The first kappa shape index (κ1) is 21.8. The van der Waals surface area contributed by atoms with E-state index in [1.54, 1.807) is 11.3 Å². The molecule has 1 fully saturated rings. The molecule has 1 aromatic carbocycles. The number of aryl methyl sites for hydroxylation is 2. The highest BCUT2D eigenvalue weighted by Gasteiger charge is 2.29. The highest BCUT2D eigenvalue weighted by molar-refractivity contribution is 7.15. The number of benzene rings is 1. The van der Waals surface area contributed by atoms with Crippen molar-refractivity contribution < 1.29 is 9.59 Å².